The van der Waals surface area contributed by atoms with Gasteiger partial charge in [-0.3, -0.25) is 4.79 Å². The van der Waals surface area contributed by atoms with Gasteiger partial charge in [0.15, 0.2) is 6.10 Å². The van der Waals surface area contributed by atoms with E-state index < -0.39 is 6.10 Å². The Kier molecular flexibility index (Phi) is 9.00. The first kappa shape index (κ1) is 17.7. The maximum absolute atomic E-state index is 11.7. The van der Waals surface area contributed by atoms with Crippen LogP contribution in [0.2, 0.25) is 0 Å². The summed E-state index contributed by atoms with van der Waals surface area (Å²) in [5.41, 5.74) is 1.12. The van der Waals surface area contributed by atoms with Crippen molar-refractivity contribution in [3.8, 4) is 5.75 Å². The van der Waals surface area contributed by atoms with E-state index in [4.69, 9.17) is 4.74 Å². The molecule has 0 spiro atoms. The van der Waals surface area contributed by atoms with Gasteiger partial charge >= 0.3 is 0 Å². The summed E-state index contributed by atoms with van der Waals surface area (Å²) in [6.07, 6.45) is -0.478. The minimum atomic E-state index is -0.478. The number of halogens is 1. The zero-order valence-corrected chi connectivity index (χ0v) is 12.5. The Morgan fingerprint density at radius 1 is 1.37 bits per heavy atom. The molecule has 0 fully saturated rings. The van der Waals surface area contributed by atoms with Crippen molar-refractivity contribution in [3.63, 3.8) is 0 Å². The Hall–Kier alpha value is -1.26. The largest absolute Gasteiger partial charge is 0.481 e. The smallest absolute Gasteiger partial charge is 0.260 e. The third kappa shape index (κ3) is 7.03. The molecule has 0 radical (unpaired) electrons. The second-order valence-electron chi connectivity index (χ2n) is 4.22. The van der Waals surface area contributed by atoms with Crippen molar-refractivity contribution >= 4 is 18.3 Å². The van der Waals surface area contributed by atoms with Gasteiger partial charge in [-0.15, -0.1) is 12.4 Å². The molecule has 1 unspecified atom stereocenters. The Morgan fingerprint density at radius 2 is 2.11 bits per heavy atom. The van der Waals surface area contributed by atoms with Gasteiger partial charge in [0, 0.05) is 13.1 Å². The number of rotatable bonds is 7. The molecular weight excluding hydrogens is 264 g/mol. The van der Waals surface area contributed by atoms with Crippen LogP contribution in [0.4, 0.5) is 0 Å². The number of hydrogen-bond donors (Lipinski definition) is 2. The zero-order chi connectivity index (χ0) is 13.4. The summed E-state index contributed by atoms with van der Waals surface area (Å²) in [6, 6.07) is 7.69. The van der Waals surface area contributed by atoms with E-state index in [1.54, 1.807) is 6.92 Å². The molecule has 1 rings (SSSR count). The zero-order valence-electron chi connectivity index (χ0n) is 11.7. The summed E-state index contributed by atoms with van der Waals surface area (Å²) < 4.78 is 5.58. The highest BCUT2D eigenvalue weighted by atomic mass is 35.5. The van der Waals surface area contributed by atoms with E-state index in [0.29, 0.717) is 6.54 Å². The first-order valence-corrected chi connectivity index (χ1v) is 6.35. The van der Waals surface area contributed by atoms with Gasteiger partial charge < -0.3 is 15.4 Å². The standard InChI is InChI=1S/C14H22N2O2.ClH/c1-4-15-8-9-16-14(17)12(3)18-13-7-5-6-11(2)10-13;/h5-7,10,12,15H,4,8-9H2,1-3H3,(H,16,17);1H. The average molecular weight is 287 g/mol. The van der Waals surface area contributed by atoms with Gasteiger partial charge in [-0.1, -0.05) is 19.1 Å². The number of ether oxygens (including phenoxy) is 1. The molecule has 0 saturated heterocycles. The van der Waals surface area contributed by atoms with Crippen LogP contribution in [0.15, 0.2) is 24.3 Å². The van der Waals surface area contributed by atoms with Crippen molar-refractivity contribution in [3.05, 3.63) is 29.8 Å². The molecule has 0 heterocycles. The molecular formula is C14H23ClN2O2. The van der Waals surface area contributed by atoms with E-state index in [1.807, 2.05) is 38.1 Å². The lowest BCUT2D eigenvalue weighted by atomic mass is 10.2. The van der Waals surface area contributed by atoms with Crippen molar-refractivity contribution in [2.75, 3.05) is 19.6 Å². The van der Waals surface area contributed by atoms with Gasteiger partial charge in [-0.25, -0.2) is 0 Å². The van der Waals surface area contributed by atoms with Gasteiger partial charge in [0.25, 0.3) is 5.91 Å². The Morgan fingerprint density at radius 3 is 2.74 bits per heavy atom. The van der Waals surface area contributed by atoms with Crippen LogP contribution in [0, 0.1) is 6.92 Å². The molecule has 1 atom stereocenters. The van der Waals surface area contributed by atoms with Crippen LogP contribution in [-0.4, -0.2) is 31.6 Å². The molecule has 5 heteroatoms. The minimum absolute atomic E-state index is 0. The van der Waals surface area contributed by atoms with Crippen molar-refractivity contribution < 1.29 is 9.53 Å². The van der Waals surface area contributed by atoms with E-state index in [2.05, 4.69) is 10.6 Å². The first-order chi connectivity index (χ1) is 8.63. The normalized spacial score (nSPS) is 11.3. The minimum Gasteiger partial charge on any atom is -0.481 e. The summed E-state index contributed by atoms with van der Waals surface area (Å²) >= 11 is 0. The van der Waals surface area contributed by atoms with Crippen molar-refractivity contribution in [2.45, 2.75) is 26.9 Å². The average Bonchev–Trinajstić information content (AvgIpc) is 2.34. The molecule has 1 aromatic carbocycles. The third-order valence-corrected chi connectivity index (χ3v) is 2.52. The van der Waals surface area contributed by atoms with Gasteiger partial charge in [0.2, 0.25) is 0 Å². The van der Waals surface area contributed by atoms with Crippen LogP contribution in [0.1, 0.15) is 19.4 Å². The predicted molar refractivity (Wildman–Crippen MR) is 80.1 cm³/mol. The first-order valence-electron chi connectivity index (χ1n) is 6.35. The lowest BCUT2D eigenvalue weighted by Gasteiger charge is -2.15. The molecule has 0 aliphatic heterocycles. The number of likely N-dealkylation sites (N-methyl/N-ethyl adjacent to an activating group) is 1. The van der Waals surface area contributed by atoms with E-state index in [-0.39, 0.29) is 18.3 Å². The number of carbonyl (C=O) groups is 1. The lowest BCUT2D eigenvalue weighted by Crippen LogP contribution is -2.39. The fourth-order valence-electron chi connectivity index (χ4n) is 1.54. The monoisotopic (exact) mass is 286 g/mol. The van der Waals surface area contributed by atoms with Gasteiger partial charge in [0.1, 0.15) is 5.75 Å². The lowest BCUT2D eigenvalue weighted by molar-refractivity contribution is -0.127. The summed E-state index contributed by atoms with van der Waals surface area (Å²) in [5, 5.41) is 5.97. The number of benzene rings is 1. The molecule has 4 nitrogen and oxygen atoms in total. The SMILES string of the molecule is CCNCCNC(=O)C(C)Oc1cccc(C)c1.Cl. The highest BCUT2D eigenvalue weighted by molar-refractivity contribution is 5.85. The number of amides is 1. The van der Waals surface area contributed by atoms with Crippen LogP contribution >= 0.6 is 12.4 Å². The van der Waals surface area contributed by atoms with E-state index in [9.17, 15) is 4.79 Å². The molecule has 0 aliphatic carbocycles. The summed E-state index contributed by atoms with van der Waals surface area (Å²) in [4.78, 5) is 11.7. The van der Waals surface area contributed by atoms with Crippen LogP contribution in [0.3, 0.4) is 0 Å². The Balaban J connectivity index is 0.00000324. The molecule has 2 N–H and O–H groups in total. The summed E-state index contributed by atoms with van der Waals surface area (Å²) in [6.45, 7) is 8.09. The van der Waals surface area contributed by atoms with Crippen molar-refractivity contribution in [2.24, 2.45) is 0 Å². The van der Waals surface area contributed by atoms with Crippen molar-refractivity contribution in [1.29, 1.82) is 0 Å². The third-order valence-electron chi connectivity index (χ3n) is 2.52. The molecule has 108 valence electrons. The van der Waals surface area contributed by atoms with E-state index >= 15 is 0 Å². The van der Waals surface area contributed by atoms with Crippen molar-refractivity contribution in [1.82, 2.24) is 10.6 Å². The van der Waals surface area contributed by atoms with Gasteiger partial charge in [0.05, 0.1) is 0 Å². The molecule has 19 heavy (non-hydrogen) atoms. The molecule has 1 amide bonds. The van der Waals surface area contributed by atoms with Crippen LogP contribution < -0.4 is 15.4 Å². The van der Waals surface area contributed by atoms with Crippen LogP contribution in [-0.2, 0) is 4.79 Å². The number of aryl methyl sites for hydroxylation is 1. The summed E-state index contributed by atoms with van der Waals surface area (Å²) in [5.74, 6) is 0.638. The maximum Gasteiger partial charge on any atom is 0.260 e. The fraction of sp³-hybridized carbons (Fsp3) is 0.500. The number of nitrogens with one attached hydrogen (secondary N) is 2. The Bertz CT molecular complexity index is 385. The van der Waals surface area contributed by atoms with Crippen LogP contribution in [0.25, 0.3) is 0 Å². The van der Waals surface area contributed by atoms with Gasteiger partial charge in [-0.2, -0.15) is 0 Å². The molecule has 1 aromatic rings. The highest BCUT2D eigenvalue weighted by Gasteiger charge is 2.13. The predicted octanol–water partition coefficient (Wildman–Crippen LogP) is 1.91. The Labute approximate surface area is 121 Å². The number of carbonyl (C=O) groups excluding carboxylic acids is 1. The molecule has 0 saturated carbocycles. The second-order valence-corrected chi connectivity index (χ2v) is 4.22. The quantitative estimate of drug-likeness (QED) is 0.753. The highest BCUT2D eigenvalue weighted by Crippen LogP contribution is 2.14. The molecule has 0 aromatic heterocycles. The fourth-order valence-corrected chi connectivity index (χ4v) is 1.54. The summed E-state index contributed by atoms with van der Waals surface area (Å²) in [7, 11) is 0. The number of hydrogen-bond acceptors (Lipinski definition) is 3. The van der Waals surface area contributed by atoms with E-state index in [1.165, 1.54) is 0 Å². The molecule has 0 aliphatic rings. The second kappa shape index (κ2) is 9.64. The topological polar surface area (TPSA) is 50.4 Å². The van der Waals surface area contributed by atoms with E-state index in [0.717, 1.165) is 24.4 Å². The molecule has 0 bridgehead atoms. The van der Waals surface area contributed by atoms with Crippen LogP contribution in [0.5, 0.6) is 5.75 Å². The maximum atomic E-state index is 11.7. The van der Waals surface area contributed by atoms with Gasteiger partial charge in [-0.05, 0) is 38.1 Å².